The maximum absolute atomic E-state index is 7.33. The summed E-state index contributed by atoms with van der Waals surface area (Å²) in [5, 5.41) is 0. The van der Waals surface area contributed by atoms with Gasteiger partial charge in [-0.05, 0) is 0 Å². The molecule has 1 radical (unpaired) electrons. The molecule has 0 heterocycles. The van der Waals surface area contributed by atoms with Crippen LogP contribution in [-0.4, -0.2) is 45.6 Å². The van der Waals surface area contributed by atoms with Gasteiger partial charge in [0.15, 0.2) is 17.4 Å². The van der Waals surface area contributed by atoms with Crippen LogP contribution in [0.3, 0.4) is 0 Å². The van der Waals surface area contributed by atoms with Crippen molar-refractivity contribution in [1.82, 2.24) is 0 Å². The summed E-state index contributed by atoms with van der Waals surface area (Å²) in [5.74, 6) is 0. The summed E-state index contributed by atoms with van der Waals surface area (Å²) < 4.78 is 0. The largest absolute Gasteiger partial charge is 1.00 e. The second-order valence-corrected chi connectivity index (χ2v) is 1.80. The average molecular weight is 258 g/mol. The molecule has 0 unspecified atom stereocenters. The topological polar surface area (TPSA) is 80.9 Å². The van der Waals surface area contributed by atoms with Gasteiger partial charge in [-0.25, -0.2) is 0 Å². The standard InChI is InChI=1S/Ag.Al.Na.H4O4Si.4H/c;;;1-5(2,3)4;;;;/h;;;1-4H;;;;/q;;+1;;;;;-1. The molecule has 0 spiro atoms. The Morgan fingerprint density at radius 3 is 1.00 bits per heavy atom. The van der Waals surface area contributed by atoms with Crippen molar-refractivity contribution in [3.05, 3.63) is 0 Å². The molecule has 0 fully saturated rings. The first-order chi connectivity index (χ1) is 2.00. The van der Waals surface area contributed by atoms with Crippen molar-refractivity contribution in [3.8, 4) is 0 Å². The zero-order valence-corrected chi connectivity index (χ0v) is 8.07. The monoisotopic (exact) mass is 257 g/mol. The minimum atomic E-state index is -4.61. The second-order valence-electron chi connectivity index (χ2n) is 0.600. The summed E-state index contributed by atoms with van der Waals surface area (Å²) in [6, 6.07) is 0. The molecule has 8 heteroatoms. The summed E-state index contributed by atoms with van der Waals surface area (Å²) in [6.07, 6.45) is 0. The van der Waals surface area contributed by atoms with E-state index in [0.29, 0.717) is 0 Å². The molecular formula is H8AgAlNaO4Si. The molecule has 0 saturated carbocycles. The fourth-order valence-electron chi connectivity index (χ4n) is 0. The fraction of sp³-hybridized carbons (Fsp3) is 0. The molecule has 8 heavy (non-hydrogen) atoms. The molecule has 0 atom stereocenters. The van der Waals surface area contributed by atoms with Gasteiger partial charge in [0.25, 0.3) is 0 Å². The summed E-state index contributed by atoms with van der Waals surface area (Å²) >= 11 is 0. The normalized spacial score (nSPS) is 7.50. The minimum absolute atomic E-state index is 0. The van der Waals surface area contributed by atoms with Gasteiger partial charge in [-0.3, -0.25) is 0 Å². The third kappa shape index (κ3) is 82.5. The molecule has 0 aromatic carbocycles. The van der Waals surface area contributed by atoms with Crippen LogP contribution >= 0.6 is 0 Å². The SMILES string of the molecule is O[Si](O)(O)O.[Ag].[AlH3].[H-].[Na+]. The third-order valence-electron chi connectivity index (χ3n) is 0. The van der Waals surface area contributed by atoms with Gasteiger partial charge in [0.1, 0.15) is 0 Å². The first kappa shape index (κ1) is 22.4. The van der Waals surface area contributed by atoms with Gasteiger partial charge >= 0.3 is 38.6 Å². The quantitative estimate of drug-likeness (QED) is 0.326. The Balaban J connectivity index is -0.0000000133. The minimum Gasteiger partial charge on any atom is -1.00 e. The van der Waals surface area contributed by atoms with E-state index in [1.165, 1.54) is 0 Å². The van der Waals surface area contributed by atoms with Crippen LogP contribution in [0.25, 0.3) is 0 Å². The van der Waals surface area contributed by atoms with Crippen molar-refractivity contribution in [3.63, 3.8) is 0 Å². The van der Waals surface area contributed by atoms with Crippen molar-refractivity contribution in [2.24, 2.45) is 0 Å². The van der Waals surface area contributed by atoms with Crippen molar-refractivity contribution >= 4 is 26.4 Å². The number of hydrogen-bond acceptors (Lipinski definition) is 4. The summed E-state index contributed by atoms with van der Waals surface area (Å²) in [7, 11) is -4.61. The average Bonchev–Trinajstić information content (AvgIpc) is 0.722. The van der Waals surface area contributed by atoms with Crippen LogP contribution in [0.4, 0.5) is 0 Å². The Kier molecular flexibility index (Phi) is 26.2. The molecule has 0 amide bonds. The van der Waals surface area contributed by atoms with Crippen LogP contribution in [0, 0.1) is 0 Å². The molecule has 0 bridgehead atoms. The van der Waals surface area contributed by atoms with Crippen molar-refractivity contribution in [2.75, 3.05) is 0 Å². The van der Waals surface area contributed by atoms with E-state index in [1.54, 1.807) is 0 Å². The Hall–Kier alpha value is 2.33. The second kappa shape index (κ2) is 9.33. The molecule has 0 aliphatic heterocycles. The molecule has 4 N–H and O–H groups in total. The molecular weight excluding hydrogens is 250 g/mol. The maximum Gasteiger partial charge on any atom is 1.00 e. The molecule has 0 saturated heterocycles. The van der Waals surface area contributed by atoms with Gasteiger partial charge in [0, 0.05) is 22.4 Å². The van der Waals surface area contributed by atoms with E-state index in [-0.39, 0.29) is 70.7 Å². The number of hydrogen-bond donors (Lipinski definition) is 4. The molecule has 0 aliphatic rings. The summed E-state index contributed by atoms with van der Waals surface area (Å²) in [4.78, 5) is 29.3. The first-order valence-electron chi connectivity index (χ1n) is 0.894. The molecule has 51 valence electrons. The Bertz CT molecular complexity index is 36.0. The van der Waals surface area contributed by atoms with Crippen LogP contribution in [0.5, 0.6) is 0 Å². The van der Waals surface area contributed by atoms with Crippen LogP contribution in [0.15, 0.2) is 0 Å². The zero-order chi connectivity index (χ0) is 4.50. The van der Waals surface area contributed by atoms with Crippen LogP contribution in [0.2, 0.25) is 0 Å². The van der Waals surface area contributed by atoms with Crippen molar-refractivity contribution < 1.29 is 72.5 Å². The van der Waals surface area contributed by atoms with Gasteiger partial charge in [-0.1, -0.05) is 0 Å². The van der Waals surface area contributed by atoms with E-state index in [9.17, 15) is 0 Å². The smallest absolute Gasteiger partial charge is 1.00 e. The van der Waals surface area contributed by atoms with E-state index in [0.717, 1.165) is 0 Å². The Morgan fingerprint density at radius 1 is 1.00 bits per heavy atom. The molecule has 0 aliphatic carbocycles. The molecule has 4 nitrogen and oxygen atoms in total. The molecule has 0 rings (SSSR count). The van der Waals surface area contributed by atoms with Gasteiger partial charge < -0.3 is 20.6 Å². The van der Waals surface area contributed by atoms with E-state index < -0.39 is 9.05 Å². The van der Waals surface area contributed by atoms with Crippen LogP contribution < -0.4 is 29.6 Å². The van der Waals surface area contributed by atoms with Crippen LogP contribution in [-0.2, 0) is 22.4 Å². The zero-order valence-electron chi connectivity index (χ0n) is 4.59. The van der Waals surface area contributed by atoms with Crippen LogP contribution in [0.1, 0.15) is 1.43 Å². The first-order valence-corrected chi connectivity index (χ1v) is 2.68. The van der Waals surface area contributed by atoms with Gasteiger partial charge in [-0.2, -0.15) is 0 Å². The third-order valence-corrected chi connectivity index (χ3v) is 0. The van der Waals surface area contributed by atoms with E-state index in [4.69, 9.17) is 19.2 Å². The summed E-state index contributed by atoms with van der Waals surface area (Å²) in [6.45, 7) is 0. The van der Waals surface area contributed by atoms with E-state index in [1.807, 2.05) is 0 Å². The van der Waals surface area contributed by atoms with Gasteiger partial charge in [-0.15, -0.1) is 0 Å². The molecule has 0 aromatic heterocycles. The van der Waals surface area contributed by atoms with Crippen molar-refractivity contribution in [1.29, 1.82) is 0 Å². The predicted molar refractivity (Wildman–Crippen MR) is 25.7 cm³/mol. The molecule has 0 aromatic rings. The number of rotatable bonds is 0. The van der Waals surface area contributed by atoms with E-state index in [2.05, 4.69) is 0 Å². The van der Waals surface area contributed by atoms with Crippen molar-refractivity contribution in [2.45, 2.75) is 0 Å². The van der Waals surface area contributed by atoms with Gasteiger partial charge in [0.2, 0.25) is 0 Å². The summed E-state index contributed by atoms with van der Waals surface area (Å²) in [5.41, 5.74) is 0. The fourth-order valence-corrected chi connectivity index (χ4v) is 0. The Morgan fingerprint density at radius 2 is 1.00 bits per heavy atom. The van der Waals surface area contributed by atoms with E-state index >= 15 is 0 Å². The predicted octanol–water partition coefficient (Wildman–Crippen LogP) is -6.68. The maximum atomic E-state index is 7.33. The van der Waals surface area contributed by atoms with Gasteiger partial charge in [0.05, 0.1) is 0 Å². The Labute approximate surface area is 97.8 Å².